The molecule has 0 saturated carbocycles. The summed E-state index contributed by atoms with van der Waals surface area (Å²) in [6.45, 7) is 10.4. The Labute approximate surface area is 155 Å². The lowest BCUT2D eigenvalue weighted by atomic mass is 10.1. The monoisotopic (exact) mass is 372 g/mol. The first kappa shape index (κ1) is 20.0. The van der Waals surface area contributed by atoms with Gasteiger partial charge in [-0.25, -0.2) is 0 Å². The smallest absolute Gasteiger partial charge is 0.223 e. The lowest BCUT2D eigenvalue weighted by Crippen LogP contribution is -2.51. The topological polar surface area (TPSA) is 40.6 Å². The summed E-state index contributed by atoms with van der Waals surface area (Å²) < 4.78 is 0. The SMILES string of the molecule is CCC1C(C)SCCN1C(=O)CCC(=O)N1CCSC(C)C1CC. The number of nitrogens with zero attached hydrogens (tertiary/aromatic N) is 2. The van der Waals surface area contributed by atoms with Crippen molar-refractivity contribution in [1.82, 2.24) is 9.80 Å². The molecule has 6 heteroatoms. The Morgan fingerprint density at radius 3 is 1.54 bits per heavy atom. The first-order valence-corrected chi connectivity index (χ1v) is 11.4. The number of hydrogen-bond acceptors (Lipinski definition) is 4. The summed E-state index contributed by atoms with van der Waals surface area (Å²) in [4.78, 5) is 29.4. The van der Waals surface area contributed by atoms with Gasteiger partial charge in [0.15, 0.2) is 0 Å². The Hall–Kier alpha value is -0.360. The Kier molecular flexibility index (Phi) is 7.79. The molecule has 2 rings (SSSR count). The second kappa shape index (κ2) is 9.37. The molecule has 0 aromatic carbocycles. The Morgan fingerprint density at radius 1 is 0.833 bits per heavy atom. The molecule has 0 aromatic rings. The van der Waals surface area contributed by atoms with Crippen LogP contribution < -0.4 is 0 Å². The summed E-state index contributed by atoms with van der Waals surface area (Å²) in [6.07, 6.45) is 2.71. The van der Waals surface area contributed by atoms with Crippen LogP contribution in [0.2, 0.25) is 0 Å². The molecule has 2 heterocycles. The van der Waals surface area contributed by atoms with Crippen molar-refractivity contribution < 1.29 is 9.59 Å². The molecule has 4 atom stereocenters. The molecule has 0 aliphatic carbocycles. The molecule has 0 aromatic heterocycles. The number of amides is 2. The van der Waals surface area contributed by atoms with Crippen molar-refractivity contribution in [2.75, 3.05) is 24.6 Å². The second-order valence-electron chi connectivity index (χ2n) is 6.78. The highest BCUT2D eigenvalue weighted by Gasteiger charge is 2.33. The second-order valence-corrected chi connectivity index (χ2v) is 9.75. The molecule has 2 amide bonds. The van der Waals surface area contributed by atoms with E-state index in [1.165, 1.54) is 0 Å². The molecule has 2 fully saturated rings. The van der Waals surface area contributed by atoms with Crippen LogP contribution in [-0.2, 0) is 9.59 Å². The van der Waals surface area contributed by atoms with Crippen molar-refractivity contribution in [2.24, 2.45) is 0 Å². The van der Waals surface area contributed by atoms with E-state index in [1.807, 2.05) is 33.3 Å². The highest BCUT2D eigenvalue weighted by atomic mass is 32.2. The zero-order valence-electron chi connectivity index (χ0n) is 15.5. The normalized spacial score (nSPS) is 31.2. The van der Waals surface area contributed by atoms with Gasteiger partial charge in [-0.05, 0) is 12.8 Å². The van der Waals surface area contributed by atoms with Crippen molar-refractivity contribution in [3.63, 3.8) is 0 Å². The fourth-order valence-electron chi connectivity index (χ4n) is 3.96. The fraction of sp³-hybridized carbons (Fsp3) is 0.889. The van der Waals surface area contributed by atoms with Crippen molar-refractivity contribution in [2.45, 2.75) is 76.0 Å². The average molecular weight is 373 g/mol. The minimum absolute atomic E-state index is 0.162. The van der Waals surface area contributed by atoms with Crippen LogP contribution in [-0.4, -0.2) is 68.8 Å². The molecule has 4 nitrogen and oxygen atoms in total. The Bertz CT molecular complexity index is 407. The first-order valence-electron chi connectivity index (χ1n) is 9.31. The van der Waals surface area contributed by atoms with Crippen LogP contribution in [0.25, 0.3) is 0 Å². The predicted octanol–water partition coefficient (Wildman–Crippen LogP) is 3.25. The largest absolute Gasteiger partial charge is 0.338 e. The quantitative estimate of drug-likeness (QED) is 0.743. The Balaban J connectivity index is 1.89. The molecular weight excluding hydrogens is 340 g/mol. The summed E-state index contributed by atoms with van der Waals surface area (Å²) in [5.74, 6) is 2.34. The van der Waals surface area contributed by atoms with Gasteiger partial charge in [0.1, 0.15) is 0 Å². The lowest BCUT2D eigenvalue weighted by Gasteiger charge is -2.40. The maximum atomic E-state index is 12.7. The van der Waals surface area contributed by atoms with E-state index in [9.17, 15) is 9.59 Å². The third kappa shape index (κ3) is 4.63. The van der Waals surface area contributed by atoms with Gasteiger partial charge in [-0.2, -0.15) is 23.5 Å². The zero-order valence-corrected chi connectivity index (χ0v) is 17.1. The maximum absolute atomic E-state index is 12.7. The summed E-state index contributed by atoms with van der Waals surface area (Å²) in [6, 6.07) is 0.641. The third-order valence-corrected chi connectivity index (χ3v) is 7.86. The van der Waals surface area contributed by atoms with E-state index in [2.05, 4.69) is 27.7 Å². The summed E-state index contributed by atoms with van der Waals surface area (Å²) in [5, 5.41) is 0.987. The minimum atomic E-state index is 0.162. The number of carbonyl (C=O) groups is 2. The van der Waals surface area contributed by atoms with Crippen LogP contribution in [0.5, 0.6) is 0 Å². The van der Waals surface area contributed by atoms with Crippen LogP contribution in [0, 0.1) is 0 Å². The summed E-state index contributed by atoms with van der Waals surface area (Å²) in [7, 11) is 0. The first-order chi connectivity index (χ1) is 11.5. The highest BCUT2D eigenvalue weighted by molar-refractivity contribution is 8.00. The van der Waals surface area contributed by atoms with E-state index in [-0.39, 0.29) is 11.8 Å². The average Bonchev–Trinajstić information content (AvgIpc) is 2.58. The number of carbonyl (C=O) groups excluding carboxylic acids is 2. The van der Waals surface area contributed by atoms with Crippen LogP contribution in [0.3, 0.4) is 0 Å². The summed E-state index contributed by atoms with van der Waals surface area (Å²) in [5.41, 5.74) is 0. The van der Waals surface area contributed by atoms with E-state index in [4.69, 9.17) is 0 Å². The predicted molar refractivity (Wildman–Crippen MR) is 105 cm³/mol. The van der Waals surface area contributed by atoms with Gasteiger partial charge in [-0.15, -0.1) is 0 Å². The molecule has 2 aliphatic rings. The molecule has 0 spiro atoms. The molecule has 138 valence electrons. The van der Waals surface area contributed by atoms with Gasteiger partial charge >= 0.3 is 0 Å². The minimum Gasteiger partial charge on any atom is -0.338 e. The van der Waals surface area contributed by atoms with E-state index in [1.54, 1.807) is 0 Å². The molecule has 0 radical (unpaired) electrons. The molecular formula is C18H32N2O2S2. The zero-order chi connectivity index (χ0) is 17.7. The summed E-state index contributed by atoms with van der Waals surface area (Å²) >= 11 is 3.90. The van der Waals surface area contributed by atoms with Crippen molar-refractivity contribution >= 4 is 35.3 Å². The van der Waals surface area contributed by atoms with Gasteiger partial charge in [-0.3, -0.25) is 9.59 Å². The van der Waals surface area contributed by atoms with Gasteiger partial charge in [0.05, 0.1) is 0 Å². The number of thioether (sulfide) groups is 2. The van der Waals surface area contributed by atoms with Crippen molar-refractivity contribution in [3.8, 4) is 0 Å². The number of rotatable bonds is 5. The molecule has 4 unspecified atom stereocenters. The van der Waals surface area contributed by atoms with Crippen molar-refractivity contribution in [1.29, 1.82) is 0 Å². The van der Waals surface area contributed by atoms with Crippen LogP contribution in [0.1, 0.15) is 53.4 Å². The fourth-order valence-corrected chi connectivity index (χ4v) is 6.43. The highest BCUT2D eigenvalue weighted by Crippen LogP contribution is 2.29. The van der Waals surface area contributed by atoms with Crippen LogP contribution in [0.15, 0.2) is 0 Å². The van der Waals surface area contributed by atoms with E-state index in [0.717, 1.165) is 37.4 Å². The van der Waals surface area contributed by atoms with Gasteiger partial charge in [0, 0.05) is 60.0 Å². The lowest BCUT2D eigenvalue weighted by molar-refractivity contribution is -0.139. The molecule has 0 bridgehead atoms. The molecule has 0 N–H and O–H groups in total. The molecule has 24 heavy (non-hydrogen) atoms. The number of hydrogen-bond donors (Lipinski definition) is 0. The Morgan fingerprint density at radius 2 is 1.21 bits per heavy atom. The van der Waals surface area contributed by atoms with Gasteiger partial charge < -0.3 is 9.80 Å². The van der Waals surface area contributed by atoms with Crippen LogP contribution >= 0.6 is 23.5 Å². The van der Waals surface area contributed by atoms with Gasteiger partial charge in [0.2, 0.25) is 11.8 Å². The van der Waals surface area contributed by atoms with Crippen molar-refractivity contribution in [3.05, 3.63) is 0 Å². The van der Waals surface area contributed by atoms with E-state index < -0.39 is 0 Å². The van der Waals surface area contributed by atoms with E-state index >= 15 is 0 Å². The maximum Gasteiger partial charge on any atom is 0.223 e. The molecule has 2 saturated heterocycles. The third-order valence-electron chi connectivity index (χ3n) is 5.34. The van der Waals surface area contributed by atoms with Gasteiger partial charge in [0.25, 0.3) is 0 Å². The molecule has 2 aliphatic heterocycles. The van der Waals surface area contributed by atoms with E-state index in [0.29, 0.717) is 35.4 Å². The standard InChI is InChI=1S/C18H32N2O2S2/c1-5-15-13(3)23-11-9-19(15)17(21)7-8-18(22)20-10-12-24-14(4)16(20)6-2/h13-16H,5-12H2,1-4H3. The van der Waals surface area contributed by atoms with Crippen LogP contribution in [0.4, 0.5) is 0 Å². The van der Waals surface area contributed by atoms with Gasteiger partial charge in [-0.1, -0.05) is 27.7 Å².